The lowest BCUT2D eigenvalue weighted by molar-refractivity contribution is -0.134. The molecule has 5 amide bonds. The molecule has 2 unspecified atom stereocenters. The summed E-state index contributed by atoms with van der Waals surface area (Å²) < 4.78 is 40.4. The second kappa shape index (κ2) is 9.30. The maximum Gasteiger partial charge on any atom is 0.418 e. The Labute approximate surface area is 191 Å². The van der Waals surface area contributed by atoms with E-state index in [9.17, 15) is 27.6 Å². The van der Waals surface area contributed by atoms with Crippen molar-refractivity contribution in [3.8, 4) is 0 Å². The average molecular weight is 492 g/mol. The number of nitrogens with one attached hydrogen (secondary N) is 2. The number of hydroxylamine groups is 2. The Bertz CT molecular complexity index is 919. The zero-order valence-corrected chi connectivity index (χ0v) is 19.5. The Morgan fingerprint density at radius 2 is 1.73 bits per heavy atom. The minimum absolute atomic E-state index is 0.0356. The fourth-order valence-electron chi connectivity index (χ4n) is 4.10. The van der Waals surface area contributed by atoms with Crippen molar-refractivity contribution in [2.45, 2.75) is 64.1 Å². The predicted octanol–water partition coefficient (Wildman–Crippen LogP) is -0.216. The summed E-state index contributed by atoms with van der Waals surface area (Å²) in [7, 11) is -4.89. The highest BCUT2D eigenvalue weighted by atomic mass is 32.3. The quantitative estimate of drug-likeness (QED) is 0.355. The van der Waals surface area contributed by atoms with Gasteiger partial charge >= 0.3 is 22.5 Å². The minimum Gasteiger partial charge on any atom is -0.444 e. The molecule has 0 aliphatic carbocycles. The summed E-state index contributed by atoms with van der Waals surface area (Å²) in [6.07, 6.45) is 1.08. The SMILES string of the molecule is CC(C)(C)OC(=O)N1CCC[C@@H](C(=O)NNC(=O)C2CCC3CN2C(=O)N3OS(=O)(=O)O)C1. The summed E-state index contributed by atoms with van der Waals surface area (Å²) >= 11 is 0. The Hall–Kier alpha value is -2.65. The molecule has 0 aromatic rings. The smallest absolute Gasteiger partial charge is 0.418 e. The normalized spacial score (nSPS) is 25.6. The number of carbonyl (C=O) groups is 4. The summed E-state index contributed by atoms with van der Waals surface area (Å²) in [5.74, 6) is -1.67. The Balaban J connectivity index is 1.52. The van der Waals surface area contributed by atoms with E-state index >= 15 is 0 Å². The molecule has 0 saturated carbocycles. The van der Waals surface area contributed by atoms with Crippen LogP contribution in [0.15, 0.2) is 0 Å². The van der Waals surface area contributed by atoms with E-state index < -0.39 is 57.9 Å². The van der Waals surface area contributed by atoms with Crippen molar-refractivity contribution in [1.29, 1.82) is 0 Å². The second-order valence-electron chi connectivity index (χ2n) is 9.25. The van der Waals surface area contributed by atoms with Crippen LogP contribution in [0.1, 0.15) is 46.5 Å². The number of hydrazine groups is 1. The molecule has 186 valence electrons. The second-order valence-corrected chi connectivity index (χ2v) is 10.3. The number of carbonyl (C=O) groups excluding carboxylic acids is 4. The van der Waals surface area contributed by atoms with E-state index in [1.165, 1.54) is 4.90 Å². The lowest BCUT2D eigenvalue weighted by atomic mass is 9.97. The van der Waals surface area contributed by atoms with Gasteiger partial charge in [-0.1, -0.05) is 0 Å². The van der Waals surface area contributed by atoms with Gasteiger partial charge in [0, 0.05) is 19.6 Å². The van der Waals surface area contributed by atoms with Crippen molar-refractivity contribution in [3.63, 3.8) is 0 Å². The summed E-state index contributed by atoms with van der Waals surface area (Å²) in [5, 5.41) is 0.536. The molecule has 3 aliphatic heterocycles. The number of piperidine rings is 2. The first-order chi connectivity index (χ1) is 15.2. The lowest BCUT2D eigenvalue weighted by Crippen LogP contribution is -2.56. The molecule has 3 atom stereocenters. The fourth-order valence-corrected chi connectivity index (χ4v) is 4.48. The van der Waals surface area contributed by atoms with E-state index in [2.05, 4.69) is 15.1 Å². The largest absolute Gasteiger partial charge is 0.444 e. The van der Waals surface area contributed by atoms with Gasteiger partial charge in [-0.15, -0.1) is 4.28 Å². The first-order valence-corrected chi connectivity index (χ1v) is 12.0. The third kappa shape index (κ3) is 6.23. The molecular weight excluding hydrogens is 462 g/mol. The van der Waals surface area contributed by atoms with Gasteiger partial charge in [0.1, 0.15) is 11.6 Å². The Morgan fingerprint density at radius 3 is 2.36 bits per heavy atom. The Kier molecular flexibility index (Phi) is 7.04. The van der Waals surface area contributed by atoms with Gasteiger partial charge in [0.05, 0.1) is 12.0 Å². The van der Waals surface area contributed by atoms with Crippen LogP contribution in [0.3, 0.4) is 0 Å². The molecule has 0 aromatic carbocycles. The van der Waals surface area contributed by atoms with Crippen LogP contribution in [0.4, 0.5) is 9.59 Å². The van der Waals surface area contributed by atoms with Crippen molar-refractivity contribution in [1.82, 2.24) is 25.7 Å². The molecule has 3 saturated heterocycles. The number of hydrogen-bond donors (Lipinski definition) is 3. The first kappa shape index (κ1) is 25.0. The minimum atomic E-state index is -4.89. The maximum atomic E-state index is 12.6. The topological polar surface area (TPSA) is 175 Å². The van der Waals surface area contributed by atoms with E-state index in [0.29, 0.717) is 24.4 Å². The number of likely N-dealkylation sites (tertiary alicyclic amines) is 1. The van der Waals surface area contributed by atoms with E-state index in [4.69, 9.17) is 9.29 Å². The van der Waals surface area contributed by atoms with Crippen molar-refractivity contribution in [2.75, 3.05) is 19.6 Å². The number of amides is 5. The molecule has 3 heterocycles. The maximum absolute atomic E-state index is 12.6. The molecule has 3 rings (SSSR count). The number of ether oxygens (including phenoxy) is 1. The average Bonchev–Trinajstić information content (AvgIpc) is 2.94. The van der Waals surface area contributed by atoms with Gasteiger partial charge in [0.15, 0.2) is 0 Å². The molecule has 15 heteroatoms. The van der Waals surface area contributed by atoms with Crippen LogP contribution in [-0.2, 0) is 29.0 Å². The molecule has 0 spiro atoms. The molecule has 3 N–H and O–H groups in total. The van der Waals surface area contributed by atoms with Gasteiger partial charge in [-0.3, -0.25) is 25.0 Å². The van der Waals surface area contributed by atoms with Crippen LogP contribution in [0, 0.1) is 5.92 Å². The van der Waals surface area contributed by atoms with Crippen molar-refractivity contribution in [3.05, 3.63) is 0 Å². The van der Waals surface area contributed by atoms with Gasteiger partial charge in [0.25, 0.3) is 5.91 Å². The highest BCUT2D eigenvalue weighted by molar-refractivity contribution is 7.80. The highest BCUT2D eigenvalue weighted by Gasteiger charge is 2.49. The van der Waals surface area contributed by atoms with Crippen molar-refractivity contribution >= 4 is 34.3 Å². The first-order valence-electron chi connectivity index (χ1n) is 10.6. The van der Waals surface area contributed by atoms with Gasteiger partial charge in [0.2, 0.25) is 5.91 Å². The van der Waals surface area contributed by atoms with Crippen LogP contribution < -0.4 is 10.9 Å². The summed E-state index contributed by atoms with van der Waals surface area (Å²) in [6, 6.07) is -2.45. The van der Waals surface area contributed by atoms with Gasteiger partial charge in [-0.2, -0.15) is 13.5 Å². The van der Waals surface area contributed by atoms with E-state index in [0.717, 1.165) is 4.90 Å². The summed E-state index contributed by atoms with van der Waals surface area (Å²) in [4.78, 5) is 52.4. The molecule has 14 nitrogen and oxygen atoms in total. The van der Waals surface area contributed by atoms with E-state index in [1.807, 2.05) is 0 Å². The number of nitrogens with zero attached hydrogens (tertiary/aromatic N) is 3. The van der Waals surface area contributed by atoms with Crippen LogP contribution in [-0.4, -0.2) is 89.1 Å². The zero-order chi connectivity index (χ0) is 24.6. The van der Waals surface area contributed by atoms with Crippen LogP contribution in [0.5, 0.6) is 0 Å². The van der Waals surface area contributed by atoms with Crippen molar-refractivity contribution < 1.29 is 41.2 Å². The standard InChI is InChI=1S/C18H29N5O9S/c1-18(2,3)31-17(27)21-8-4-5-11(9-21)14(24)19-20-15(25)13-7-6-12-10-22(13)16(26)23(12)32-33(28,29)30/h11-13H,4-10H2,1-3H3,(H,19,24)(H,20,25)(H,28,29,30)/t11-,12?,13?/m1/s1. The van der Waals surface area contributed by atoms with Crippen molar-refractivity contribution in [2.24, 2.45) is 5.92 Å². The van der Waals surface area contributed by atoms with Gasteiger partial charge < -0.3 is 14.5 Å². The summed E-state index contributed by atoms with van der Waals surface area (Å²) in [5.41, 5.74) is 3.99. The van der Waals surface area contributed by atoms with E-state index in [1.54, 1.807) is 20.8 Å². The lowest BCUT2D eigenvalue weighted by Gasteiger charge is -2.33. The predicted molar refractivity (Wildman–Crippen MR) is 110 cm³/mol. The third-order valence-corrected chi connectivity index (χ3v) is 5.90. The monoisotopic (exact) mass is 491 g/mol. The van der Waals surface area contributed by atoms with Crippen LogP contribution in [0.2, 0.25) is 0 Å². The number of fused-ring (bicyclic) bond motifs is 2. The highest BCUT2D eigenvalue weighted by Crippen LogP contribution is 2.30. The number of rotatable bonds is 4. The van der Waals surface area contributed by atoms with Crippen LogP contribution in [0.25, 0.3) is 0 Å². The molecule has 3 fully saturated rings. The fraction of sp³-hybridized carbons (Fsp3) is 0.778. The van der Waals surface area contributed by atoms with E-state index in [-0.39, 0.29) is 25.9 Å². The zero-order valence-electron chi connectivity index (χ0n) is 18.6. The molecular formula is C18H29N5O9S. The molecule has 3 aliphatic rings. The third-order valence-electron chi connectivity index (χ3n) is 5.55. The Morgan fingerprint density at radius 1 is 1.06 bits per heavy atom. The molecule has 2 bridgehead atoms. The number of urea groups is 1. The molecule has 33 heavy (non-hydrogen) atoms. The molecule has 0 radical (unpaired) electrons. The van der Waals surface area contributed by atoms with Gasteiger partial charge in [-0.25, -0.2) is 9.59 Å². The summed E-state index contributed by atoms with van der Waals surface area (Å²) in [6.45, 7) is 5.90. The van der Waals surface area contributed by atoms with Crippen LogP contribution >= 0.6 is 0 Å². The van der Waals surface area contributed by atoms with Gasteiger partial charge in [-0.05, 0) is 46.5 Å². The molecule has 0 aromatic heterocycles. The number of hydrogen-bond acceptors (Lipinski definition) is 8.